The van der Waals surface area contributed by atoms with E-state index in [9.17, 15) is 9.59 Å². The number of nitrogens with zero attached hydrogens (tertiary/aromatic N) is 2. The van der Waals surface area contributed by atoms with Crippen molar-refractivity contribution in [2.75, 3.05) is 26.7 Å². The highest BCUT2D eigenvalue weighted by atomic mass is 16.5. The van der Waals surface area contributed by atoms with Crippen LogP contribution in [0.3, 0.4) is 0 Å². The van der Waals surface area contributed by atoms with Crippen LogP contribution in [0.1, 0.15) is 33.6 Å². The van der Waals surface area contributed by atoms with Gasteiger partial charge in [-0.25, -0.2) is 4.79 Å². The molecule has 2 saturated heterocycles. The Hall–Kier alpha value is -1.30. The van der Waals surface area contributed by atoms with Gasteiger partial charge in [-0.1, -0.05) is 0 Å². The minimum absolute atomic E-state index is 0.0182. The van der Waals surface area contributed by atoms with Gasteiger partial charge in [-0.15, -0.1) is 0 Å². The van der Waals surface area contributed by atoms with Crippen molar-refractivity contribution in [3.05, 3.63) is 0 Å². The van der Waals surface area contributed by atoms with Crippen LogP contribution in [-0.2, 0) is 9.53 Å². The van der Waals surface area contributed by atoms with E-state index < -0.39 is 0 Å². The zero-order valence-corrected chi connectivity index (χ0v) is 13.5. The molecule has 0 saturated carbocycles. The molecule has 0 aliphatic carbocycles. The average Bonchev–Trinajstić information content (AvgIpc) is 2.45. The number of hydrogen-bond donors (Lipinski definition) is 1. The molecule has 2 aliphatic heterocycles. The second kappa shape index (κ2) is 6.64. The van der Waals surface area contributed by atoms with E-state index in [0.29, 0.717) is 12.5 Å². The second-order valence-electron chi connectivity index (χ2n) is 6.15. The molecule has 120 valence electrons. The molecule has 2 heterocycles. The van der Waals surface area contributed by atoms with Crippen LogP contribution in [0.5, 0.6) is 0 Å². The Morgan fingerprint density at radius 2 is 2.00 bits per heavy atom. The van der Waals surface area contributed by atoms with Crippen molar-refractivity contribution in [2.24, 2.45) is 5.92 Å². The number of hydrogen-bond acceptors (Lipinski definition) is 3. The molecule has 0 bridgehead atoms. The summed E-state index contributed by atoms with van der Waals surface area (Å²) in [6.07, 6.45) is 1.56. The van der Waals surface area contributed by atoms with E-state index in [0.717, 1.165) is 25.9 Å². The minimum atomic E-state index is -0.298. The number of nitrogens with one attached hydrogen (secondary N) is 1. The van der Waals surface area contributed by atoms with Crippen LogP contribution in [0.15, 0.2) is 0 Å². The van der Waals surface area contributed by atoms with E-state index in [1.807, 2.05) is 30.6 Å². The zero-order chi connectivity index (χ0) is 15.6. The Morgan fingerprint density at radius 1 is 1.38 bits per heavy atom. The fraction of sp³-hybridized carbons (Fsp3) is 0.867. The lowest BCUT2D eigenvalue weighted by Gasteiger charge is -2.53. The van der Waals surface area contributed by atoms with Crippen LogP contribution >= 0.6 is 0 Å². The molecular formula is C15H27N3O3. The lowest BCUT2D eigenvalue weighted by molar-refractivity contribution is -0.181. The minimum Gasteiger partial charge on any atom is -0.369 e. The highest BCUT2D eigenvalue weighted by Gasteiger charge is 2.52. The van der Waals surface area contributed by atoms with E-state index in [2.05, 4.69) is 5.32 Å². The van der Waals surface area contributed by atoms with Gasteiger partial charge >= 0.3 is 6.03 Å². The summed E-state index contributed by atoms with van der Waals surface area (Å²) < 4.78 is 5.37. The molecule has 6 nitrogen and oxygen atoms in total. The summed E-state index contributed by atoms with van der Waals surface area (Å²) in [4.78, 5) is 27.7. The third-order valence-corrected chi connectivity index (χ3v) is 4.58. The van der Waals surface area contributed by atoms with E-state index in [1.54, 1.807) is 7.11 Å². The SMILES string of the molecule is CCNC(=O)N1CCC(C2C(OC)C(=O)N2C(C)C)CC1. The molecule has 2 atom stereocenters. The third kappa shape index (κ3) is 3.00. The number of carbonyl (C=O) groups excluding carboxylic acids is 2. The van der Waals surface area contributed by atoms with Crippen molar-refractivity contribution >= 4 is 11.9 Å². The predicted molar refractivity (Wildman–Crippen MR) is 79.9 cm³/mol. The highest BCUT2D eigenvalue weighted by Crippen LogP contribution is 2.36. The van der Waals surface area contributed by atoms with Gasteiger partial charge in [0.1, 0.15) is 0 Å². The van der Waals surface area contributed by atoms with E-state index in [-0.39, 0.29) is 30.1 Å². The van der Waals surface area contributed by atoms with Crippen molar-refractivity contribution in [3.8, 4) is 0 Å². The van der Waals surface area contributed by atoms with Gasteiger partial charge in [0.2, 0.25) is 0 Å². The molecule has 2 rings (SSSR count). The molecule has 0 spiro atoms. The molecule has 1 N–H and O–H groups in total. The number of urea groups is 1. The van der Waals surface area contributed by atoms with Gasteiger partial charge in [-0.05, 0) is 39.5 Å². The van der Waals surface area contributed by atoms with Crippen molar-refractivity contribution in [2.45, 2.75) is 51.8 Å². The average molecular weight is 297 g/mol. The number of carbonyl (C=O) groups is 2. The quantitative estimate of drug-likeness (QED) is 0.789. The third-order valence-electron chi connectivity index (χ3n) is 4.58. The Morgan fingerprint density at radius 3 is 2.48 bits per heavy atom. The molecule has 0 radical (unpaired) electrons. The van der Waals surface area contributed by atoms with Crippen molar-refractivity contribution < 1.29 is 14.3 Å². The number of likely N-dealkylation sites (tertiary alicyclic amines) is 2. The first kappa shape index (κ1) is 16.1. The maximum atomic E-state index is 12.1. The molecule has 2 fully saturated rings. The van der Waals surface area contributed by atoms with Gasteiger partial charge in [0.25, 0.3) is 5.91 Å². The summed E-state index contributed by atoms with van der Waals surface area (Å²) >= 11 is 0. The highest BCUT2D eigenvalue weighted by molar-refractivity contribution is 5.88. The Balaban J connectivity index is 1.94. The number of piperidine rings is 1. The maximum absolute atomic E-state index is 12.1. The molecule has 2 aliphatic rings. The summed E-state index contributed by atoms with van der Waals surface area (Å²) in [5.74, 6) is 0.518. The van der Waals surface area contributed by atoms with Gasteiger partial charge < -0.3 is 19.9 Å². The first-order valence-corrected chi connectivity index (χ1v) is 7.89. The summed E-state index contributed by atoms with van der Waals surface area (Å²) in [7, 11) is 1.61. The Kier molecular flexibility index (Phi) is 5.08. The van der Waals surface area contributed by atoms with Gasteiger partial charge in [-0.2, -0.15) is 0 Å². The smallest absolute Gasteiger partial charge is 0.317 e. The molecular weight excluding hydrogens is 270 g/mol. The predicted octanol–water partition coefficient (Wildman–Crippen LogP) is 1.06. The Bertz CT molecular complexity index is 392. The monoisotopic (exact) mass is 297 g/mol. The topological polar surface area (TPSA) is 61.9 Å². The summed E-state index contributed by atoms with van der Waals surface area (Å²) in [6.45, 7) is 8.17. The first-order valence-electron chi connectivity index (χ1n) is 7.89. The van der Waals surface area contributed by atoms with Gasteiger partial charge in [0.15, 0.2) is 6.10 Å². The molecule has 0 aromatic rings. The van der Waals surface area contributed by atoms with Crippen molar-refractivity contribution in [1.82, 2.24) is 15.1 Å². The van der Waals surface area contributed by atoms with Gasteiger partial charge in [0.05, 0.1) is 6.04 Å². The Labute approximate surface area is 126 Å². The normalized spacial score (nSPS) is 27.0. The number of methoxy groups -OCH3 is 1. The maximum Gasteiger partial charge on any atom is 0.317 e. The lowest BCUT2D eigenvalue weighted by atomic mass is 9.79. The van der Waals surface area contributed by atoms with Gasteiger partial charge in [-0.3, -0.25) is 4.79 Å². The number of rotatable bonds is 4. The number of amides is 3. The van der Waals surface area contributed by atoms with Crippen LogP contribution in [0.25, 0.3) is 0 Å². The van der Waals surface area contributed by atoms with Crippen LogP contribution < -0.4 is 5.32 Å². The largest absolute Gasteiger partial charge is 0.369 e. The van der Waals surface area contributed by atoms with Crippen LogP contribution in [0.4, 0.5) is 4.79 Å². The van der Waals surface area contributed by atoms with E-state index >= 15 is 0 Å². The standard InChI is InChI=1S/C15H27N3O3/c1-5-16-15(20)17-8-6-11(7-9-17)12-13(21-4)14(19)18(12)10(2)3/h10-13H,5-9H2,1-4H3,(H,16,20). The number of β-lactam (4-membered cyclic amide) rings is 1. The first-order chi connectivity index (χ1) is 10.0. The second-order valence-corrected chi connectivity index (χ2v) is 6.15. The summed E-state index contributed by atoms with van der Waals surface area (Å²) in [5.41, 5.74) is 0. The molecule has 6 heteroatoms. The van der Waals surface area contributed by atoms with Crippen molar-refractivity contribution in [3.63, 3.8) is 0 Å². The fourth-order valence-electron chi connectivity index (χ4n) is 3.52. The molecule has 3 amide bonds. The molecule has 21 heavy (non-hydrogen) atoms. The van der Waals surface area contributed by atoms with Crippen molar-refractivity contribution in [1.29, 1.82) is 0 Å². The molecule has 2 unspecified atom stereocenters. The van der Waals surface area contributed by atoms with Crippen LogP contribution in [0.2, 0.25) is 0 Å². The van der Waals surface area contributed by atoms with E-state index in [4.69, 9.17) is 4.74 Å². The van der Waals surface area contributed by atoms with E-state index in [1.165, 1.54) is 0 Å². The lowest BCUT2D eigenvalue weighted by Crippen LogP contribution is -2.70. The zero-order valence-electron chi connectivity index (χ0n) is 13.5. The summed E-state index contributed by atoms with van der Waals surface area (Å²) in [5, 5.41) is 2.84. The van der Waals surface area contributed by atoms with Crippen LogP contribution in [-0.4, -0.2) is 66.7 Å². The van der Waals surface area contributed by atoms with Crippen LogP contribution in [0, 0.1) is 5.92 Å². The fourth-order valence-corrected chi connectivity index (χ4v) is 3.52. The molecule has 0 aromatic carbocycles. The number of ether oxygens (including phenoxy) is 1. The molecule has 0 aromatic heterocycles. The summed E-state index contributed by atoms with van der Waals surface area (Å²) in [6, 6.07) is 0.388. The van der Waals surface area contributed by atoms with Gasteiger partial charge in [0, 0.05) is 32.8 Å².